The summed E-state index contributed by atoms with van der Waals surface area (Å²) in [7, 11) is 0. The van der Waals surface area contributed by atoms with E-state index in [1.807, 2.05) is 26.0 Å². The Bertz CT molecular complexity index is 403. The number of benzene rings is 1. The quantitative estimate of drug-likeness (QED) is 0.628. The number of amides is 1. The molecule has 0 unspecified atom stereocenters. The van der Waals surface area contributed by atoms with Crippen molar-refractivity contribution in [3.63, 3.8) is 0 Å². The van der Waals surface area contributed by atoms with Crippen molar-refractivity contribution < 1.29 is 54.0 Å². The van der Waals surface area contributed by atoms with Gasteiger partial charge in [-0.15, -0.1) is 0 Å². The van der Waals surface area contributed by atoms with E-state index in [1.54, 1.807) is 12.1 Å². The third-order valence-corrected chi connectivity index (χ3v) is 2.66. The maximum atomic E-state index is 11.6. The molecule has 0 aliphatic carbocycles. The average molecular weight is 447 g/mol. The molecule has 1 aromatic carbocycles. The Morgan fingerprint density at radius 2 is 1.88 bits per heavy atom. The molecular formula is C12H16AcN2O2. The van der Waals surface area contributed by atoms with Gasteiger partial charge in [0.05, 0.1) is 11.7 Å². The smallest absolute Gasteiger partial charge is 0.238 e. The third-order valence-electron chi connectivity index (χ3n) is 2.66. The molecule has 1 heterocycles. The summed E-state index contributed by atoms with van der Waals surface area (Å²) in [5, 5.41) is 15.3. The summed E-state index contributed by atoms with van der Waals surface area (Å²) in [4.78, 5) is 11.6. The van der Waals surface area contributed by atoms with E-state index in [4.69, 9.17) is 5.11 Å². The number of aromatic hydroxyl groups is 1. The molecule has 17 heavy (non-hydrogen) atoms. The molecule has 1 aromatic rings. The van der Waals surface area contributed by atoms with Crippen molar-refractivity contribution in [3.8, 4) is 5.75 Å². The molecule has 1 saturated heterocycles. The van der Waals surface area contributed by atoms with Crippen LogP contribution in [0.5, 0.6) is 5.75 Å². The van der Waals surface area contributed by atoms with Crippen LogP contribution in [0, 0.1) is 44.1 Å². The molecule has 5 heteroatoms. The molecule has 1 atom stereocenters. The van der Waals surface area contributed by atoms with E-state index in [0.29, 0.717) is 6.42 Å². The second-order valence-corrected chi connectivity index (χ2v) is 4.68. The second-order valence-electron chi connectivity index (χ2n) is 4.68. The van der Waals surface area contributed by atoms with Crippen molar-refractivity contribution in [3.05, 3.63) is 29.8 Å². The van der Waals surface area contributed by atoms with E-state index in [-0.39, 0.29) is 67.4 Å². The molecule has 89 valence electrons. The summed E-state index contributed by atoms with van der Waals surface area (Å²) >= 11 is 0. The first-order valence-corrected chi connectivity index (χ1v) is 5.34. The van der Waals surface area contributed by atoms with Crippen LogP contribution in [0.4, 0.5) is 0 Å². The monoisotopic (exact) mass is 447 g/mol. The fourth-order valence-electron chi connectivity index (χ4n) is 1.94. The molecule has 1 amide bonds. The molecule has 4 nitrogen and oxygen atoms in total. The standard InChI is InChI=1S/C12H16N2O2.Ac/c1-12(2)13-10(11(16)14-12)7-8-3-5-9(15)6-4-8;/h3-6,10,13,15H,7H2,1-2H3,(H,14,16);/t10-;/m0./s1. The molecule has 0 saturated carbocycles. The Hall–Kier alpha value is -0.108. The number of phenols is 1. The molecular weight excluding hydrogens is 431 g/mol. The Morgan fingerprint density at radius 1 is 1.29 bits per heavy atom. The minimum atomic E-state index is -0.335. The SMILES string of the molecule is CC1(C)NC(=O)[C@H](Cc2ccc(O)cc2)N1.[Ac]. The van der Waals surface area contributed by atoms with E-state index < -0.39 is 0 Å². The molecule has 3 N–H and O–H groups in total. The van der Waals surface area contributed by atoms with Gasteiger partial charge in [0.25, 0.3) is 0 Å². The van der Waals surface area contributed by atoms with E-state index >= 15 is 0 Å². The molecule has 1 radical (unpaired) electrons. The summed E-state index contributed by atoms with van der Waals surface area (Å²) < 4.78 is 0. The second kappa shape index (κ2) is 5.69. The predicted molar refractivity (Wildman–Crippen MR) is 61.0 cm³/mol. The van der Waals surface area contributed by atoms with E-state index in [0.717, 1.165) is 5.56 Å². The van der Waals surface area contributed by atoms with Gasteiger partial charge in [-0.3, -0.25) is 10.1 Å². The molecule has 0 aromatic heterocycles. The first-order chi connectivity index (χ1) is 7.46. The van der Waals surface area contributed by atoms with Crippen molar-refractivity contribution in [2.45, 2.75) is 32.0 Å². The predicted octanol–water partition coefficient (Wildman–Crippen LogP) is 0.759. The Morgan fingerprint density at radius 3 is 2.35 bits per heavy atom. The van der Waals surface area contributed by atoms with Crippen molar-refractivity contribution >= 4 is 5.91 Å². The maximum Gasteiger partial charge on any atom is 0.238 e. The number of carbonyl (C=O) groups excluding carboxylic acids is 1. The minimum absolute atomic E-state index is 0. The summed E-state index contributed by atoms with van der Waals surface area (Å²) in [5.74, 6) is 0.269. The summed E-state index contributed by atoms with van der Waals surface area (Å²) in [6, 6.07) is 6.73. The minimum Gasteiger partial charge on any atom is -0.508 e. The number of carbonyl (C=O) groups is 1. The number of nitrogens with one attached hydrogen (secondary N) is 2. The summed E-state index contributed by atoms with van der Waals surface area (Å²) in [6.07, 6.45) is 0.634. The van der Waals surface area contributed by atoms with Crippen LogP contribution in [0.25, 0.3) is 0 Å². The zero-order valence-corrected chi connectivity index (χ0v) is 14.8. The summed E-state index contributed by atoms with van der Waals surface area (Å²) in [6.45, 7) is 3.86. The zero-order valence-electron chi connectivity index (χ0n) is 10.0. The van der Waals surface area contributed by atoms with Gasteiger partial charge in [0.2, 0.25) is 5.91 Å². The van der Waals surface area contributed by atoms with Gasteiger partial charge in [-0.1, -0.05) is 12.1 Å². The van der Waals surface area contributed by atoms with Gasteiger partial charge in [-0.05, 0) is 38.0 Å². The van der Waals surface area contributed by atoms with E-state index in [2.05, 4.69) is 10.6 Å². The van der Waals surface area contributed by atoms with Gasteiger partial charge in [0, 0.05) is 44.1 Å². The normalized spacial score (nSPS) is 21.8. The van der Waals surface area contributed by atoms with Gasteiger partial charge in [-0.2, -0.15) is 0 Å². The molecule has 0 spiro atoms. The first-order valence-electron chi connectivity index (χ1n) is 5.34. The van der Waals surface area contributed by atoms with Crippen LogP contribution in [0.1, 0.15) is 19.4 Å². The van der Waals surface area contributed by atoms with Crippen LogP contribution in [-0.2, 0) is 11.2 Å². The molecule has 0 bridgehead atoms. The topological polar surface area (TPSA) is 61.4 Å². The average Bonchev–Trinajstić information content (AvgIpc) is 2.44. The largest absolute Gasteiger partial charge is 0.508 e. The maximum absolute atomic E-state index is 11.6. The van der Waals surface area contributed by atoms with Gasteiger partial charge >= 0.3 is 0 Å². The molecule has 1 aliphatic rings. The zero-order chi connectivity index (χ0) is 11.8. The van der Waals surface area contributed by atoms with Crippen LogP contribution in [0.2, 0.25) is 0 Å². The van der Waals surface area contributed by atoms with Crippen LogP contribution in [-0.4, -0.2) is 22.7 Å². The summed E-state index contributed by atoms with van der Waals surface area (Å²) in [5.41, 5.74) is 0.696. The molecule has 1 aliphatic heterocycles. The molecule has 2 rings (SSSR count). The Kier molecular flexibility index (Phi) is 5.00. The Labute approximate surface area is 137 Å². The number of phenolic OH excluding ortho intramolecular Hbond substituents is 1. The number of hydrogen-bond acceptors (Lipinski definition) is 3. The van der Waals surface area contributed by atoms with Gasteiger partial charge in [0.1, 0.15) is 5.75 Å². The fourth-order valence-corrected chi connectivity index (χ4v) is 1.94. The van der Waals surface area contributed by atoms with Gasteiger partial charge < -0.3 is 10.4 Å². The van der Waals surface area contributed by atoms with Gasteiger partial charge in [0.15, 0.2) is 0 Å². The number of rotatable bonds is 2. The van der Waals surface area contributed by atoms with E-state index in [9.17, 15) is 4.79 Å². The Balaban J connectivity index is 0.00000144. The van der Waals surface area contributed by atoms with Crippen molar-refractivity contribution in [2.75, 3.05) is 0 Å². The van der Waals surface area contributed by atoms with Gasteiger partial charge in [-0.25, -0.2) is 0 Å². The van der Waals surface area contributed by atoms with Crippen LogP contribution in [0.15, 0.2) is 24.3 Å². The first kappa shape index (κ1) is 15.0. The molecule has 1 fully saturated rings. The number of hydrogen-bond donors (Lipinski definition) is 3. The van der Waals surface area contributed by atoms with Crippen molar-refractivity contribution in [1.82, 2.24) is 10.6 Å². The third kappa shape index (κ3) is 3.94. The van der Waals surface area contributed by atoms with Crippen LogP contribution >= 0.6 is 0 Å². The van der Waals surface area contributed by atoms with Crippen LogP contribution < -0.4 is 10.6 Å². The van der Waals surface area contributed by atoms with E-state index in [1.165, 1.54) is 0 Å². The van der Waals surface area contributed by atoms with Crippen molar-refractivity contribution in [1.29, 1.82) is 0 Å². The fraction of sp³-hybridized carbons (Fsp3) is 0.417. The van der Waals surface area contributed by atoms with Crippen molar-refractivity contribution in [2.24, 2.45) is 0 Å². The van der Waals surface area contributed by atoms with Crippen LogP contribution in [0.3, 0.4) is 0 Å².